The predicted molar refractivity (Wildman–Crippen MR) is 44.1 cm³/mol. The van der Waals surface area contributed by atoms with Gasteiger partial charge in [-0.1, -0.05) is 0 Å². The number of nitrogens with two attached hydrogens (primary N) is 1. The van der Waals surface area contributed by atoms with E-state index in [0.29, 0.717) is 17.0 Å². The van der Waals surface area contributed by atoms with Gasteiger partial charge in [0.1, 0.15) is 11.8 Å². The van der Waals surface area contributed by atoms with Gasteiger partial charge in [-0.25, -0.2) is 15.0 Å². The van der Waals surface area contributed by atoms with Crippen LogP contribution in [0.5, 0.6) is 0 Å². The van der Waals surface area contributed by atoms with Crippen molar-refractivity contribution < 1.29 is 2.85 Å². The van der Waals surface area contributed by atoms with Crippen molar-refractivity contribution in [2.45, 2.75) is 0 Å². The van der Waals surface area contributed by atoms with Gasteiger partial charge in [-0.05, 0) is 0 Å². The summed E-state index contributed by atoms with van der Waals surface area (Å²) < 4.78 is 0. The number of aromatic amines is 1. The molecule has 0 radical (unpaired) electrons. The fraction of sp³-hybridized carbons (Fsp3) is 0. The molecule has 0 atom stereocenters. The molecule has 0 aliphatic rings. The summed E-state index contributed by atoms with van der Waals surface area (Å²) in [6.07, 6.45) is 2.92. The number of hydrogen-bond donors (Lipinski definition) is 2. The minimum Gasteiger partial charge on any atom is -1.00 e. The van der Waals surface area contributed by atoms with Crippen LogP contribution in [0.4, 0.5) is 5.82 Å². The molecule has 5 nitrogen and oxygen atoms in total. The number of imidazole rings is 1. The topological polar surface area (TPSA) is 80.5 Å². The van der Waals surface area contributed by atoms with Crippen molar-refractivity contribution in [2.24, 2.45) is 0 Å². The van der Waals surface area contributed by atoms with Gasteiger partial charge >= 0.3 is 37.7 Å². The third-order valence-electron chi connectivity index (χ3n) is 1.25. The average molecular weight is 177 g/mol. The zero-order valence-corrected chi connectivity index (χ0v) is 7.99. The first-order valence-electron chi connectivity index (χ1n) is 2.77. The van der Waals surface area contributed by atoms with E-state index in [9.17, 15) is 0 Å². The van der Waals surface area contributed by atoms with Gasteiger partial charge in [0, 0.05) is 0 Å². The van der Waals surface area contributed by atoms with Crippen molar-refractivity contribution in [3.8, 4) is 0 Å². The van der Waals surface area contributed by atoms with Gasteiger partial charge < -0.3 is 13.6 Å². The van der Waals surface area contributed by atoms with Crippen LogP contribution in [0.3, 0.4) is 0 Å². The Morgan fingerprint density at radius 3 is 2.91 bits per heavy atom. The van der Waals surface area contributed by atoms with Gasteiger partial charge in [0.15, 0.2) is 11.5 Å². The summed E-state index contributed by atoms with van der Waals surface area (Å²) in [5.41, 5.74) is 6.78. The van der Waals surface area contributed by atoms with E-state index in [1.54, 1.807) is 0 Å². The van der Waals surface area contributed by atoms with Crippen molar-refractivity contribution in [1.29, 1.82) is 0 Å². The Kier molecular flexibility index (Phi) is 2.64. The maximum absolute atomic E-state index is 5.48. The van der Waals surface area contributed by atoms with Crippen LogP contribution < -0.4 is 5.73 Å². The molecule has 0 aromatic carbocycles. The van der Waals surface area contributed by atoms with Gasteiger partial charge in [0.2, 0.25) is 0 Å². The molecule has 0 amide bonds. The summed E-state index contributed by atoms with van der Waals surface area (Å²) >= 11 is 0. The number of H-pyrrole nitrogens is 1. The molecule has 0 aliphatic heterocycles. The third kappa shape index (κ3) is 1.45. The number of nitrogens with one attached hydrogen (secondary N) is 1. The van der Waals surface area contributed by atoms with Crippen molar-refractivity contribution in [2.75, 3.05) is 5.73 Å². The molecule has 0 unspecified atom stereocenters. The minimum absolute atomic E-state index is 0. The summed E-state index contributed by atoms with van der Waals surface area (Å²) in [6, 6.07) is 0. The van der Waals surface area contributed by atoms with Crippen LogP contribution in [0.2, 0.25) is 0 Å². The number of hydrogen-bond acceptors (Lipinski definition) is 4. The maximum atomic E-state index is 5.48. The second-order valence-electron chi connectivity index (χ2n) is 1.86. The predicted octanol–water partition coefficient (Wildman–Crippen LogP) is -0.221. The average Bonchev–Trinajstić information content (AvgIpc) is 2.36. The fourth-order valence-corrected chi connectivity index (χ4v) is 0.784. The van der Waals surface area contributed by atoms with Crippen LogP contribution in [0, 0.1) is 0 Å². The largest absolute Gasteiger partial charge is 2.00 e. The maximum Gasteiger partial charge on any atom is 2.00 e. The summed E-state index contributed by atoms with van der Waals surface area (Å²) in [6.45, 7) is 0. The minimum atomic E-state index is 0. The third-order valence-corrected chi connectivity index (χ3v) is 1.25. The monoisotopic (exact) mass is 177 g/mol. The first kappa shape index (κ1) is 8.70. The quantitative estimate of drug-likeness (QED) is 0.545. The number of aromatic nitrogens is 4. The van der Waals surface area contributed by atoms with Crippen LogP contribution in [0.15, 0.2) is 12.7 Å². The zero-order valence-electron chi connectivity index (χ0n) is 7.78. The first-order chi connectivity index (χ1) is 4.88. The van der Waals surface area contributed by atoms with Crippen molar-refractivity contribution >= 4 is 54.7 Å². The van der Waals surface area contributed by atoms with Crippen LogP contribution in [0.1, 0.15) is 2.85 Å². The van der Waals surface area contributed by atoms with Gasteiger partial charge in [-0.2, -0.15) is 0 Å². The molecule has 2 aromatic rings. The van der Waals surface area contributed by atoms with E-state index in [1.807, 2.05) is 0 Å². The Balaban J connectivity index is 0. The van der Waals surface area contributed by atoms with Gasteiger partial charge in [0.25, 0.3) is 0 Å². The van der Waals surface area contributed by atoms with Gasteiger partial charge in [-0.3, -0.25) is 0 Å². The number of rotatable bonds is 0. The van der Waals surface area contributed by atoms with Crippen LogP contribution in [-0.2, 0) is 0 Å². The van der Waals surface area contributed by atoms with Crippen LogP contribution >= 0.6 is 0 Å². The van der Waals surface area contributed by atoms with E-state index < -0.39 is 0 Å². The fourth-order valence-electron chi connectivity index (χ4n) is 0.784. The van der Waals surface area contributed by atoms with E-state index in [2.05, 4.69) is 19.9 Å². The summed E-state index contributed by atoms with van der Waals surface area (Å²) in [5.74, 6) is 0.433. The summed E-state index contributed by atoms with van der Waals surface area (Å²) in [7, 11) is 0. The summed E-state index contributed by atoms with van der Waals surface area (Å²) in [4.78, 5) is 14.4. The standard InChI is InChI=1S/C5H5N5.Ca.2H/c6-4-3-5(9-1-7-3)10-2-8-4;;;/h1-2H,(H3,6,7,8,9,10);;;/q;+2;2*-1. The van der Waals surface area contributed by atoms with E-state index in [1.165, 1.54) is 12.7 Å². The number of nitrogens with zero attached hydrogens (tertiary/aromatic N) is 3. The molecule has 11 heavy (non-hydrogen) atoms. The van der Waals surface area contributed by atoms with Crippen LogP contribution in [0.25, 0.3) is 11.2 Å². The Morgan fingerprint density at radius 1 is 1.36 bits per heavy atom. The Hall–Kier alpha value is -0.390. The SMILES string of the molecule is Nc1ncnc2nc[nH]c12.[Ca+2].[H-].[H-]. The summed E-state index contributed by atoms with van der Waals surface area (Å²) in [5, 5.41) is 0. The number of fused-ring (bicyclic) bond motifs is 1. The second kappa shape index (κ2) is 3.34. The second-order valence-corrected chi connectivity index (χ2v) is 1.86. The molecule has 2 heterocycles. The smallest absolute Gasteiger partial charge is 1.00 e. The Bertz CT molecular complexity index is 364. The van der Waals surface area contributed by atoms with Gasteiger partial charge in [0.05, 0.1) is 6.33 Å². The van der Waals surface area contributed by atoms with E-state index >= 15 is 0 Å². The molecule has 6 heteroatoms. The number of nitrogen functional groups attached to an aromatic ring is 1. The molecule has 0 spiro atoms. The Labute approximate surface area is 95.4 Å². The normalized spacial score (nSPS) is 9.45. The molecule has 54 valence electrons. The molecule has 0 aliphatic carbocycles. The first-order valence-corrected chi connectivity index (χ1v) is 2.77. The molecular formula is C5H7CaN5. The van der Waals surface area contributed by atoms with Crippen molar-refractivity contribution in [3.05, 3.63) is 12.7 Å². The van der Waals surface area contributed by atoms with Gasteiger partial charge in [-0.15, -0.1) is 0 Å². The van der Waals surface area contributed by atoms with Crippen molar-refractivity contribution in [3.63, 3.8) is 0 Å². The van der Waals surface area contributed by atoms with E-state index in [-0.39, 0.29) is 40.6 Å². The molecule has 0 bridgehead atoms. The Morgan fingerprint density at radius 2 is 2.18 bits per heavy atom. The number of anilines is 1. The molecular weight excluding hydrogens is 170 g/mol. The van der Waals surface area contributed by atoms with E-state index in [0.717, 1.165) is 0 Å². The zero-order chi connectivity index (χ0) is 6.97. The molecule has 3 N–H and O–H groups in total. The molecule has 2 rings (SSSR count). The molecule has 0 fully saturated rings. The van der Waals surface area contributed by atoms with Crippen LogP contribution in [-0.4, -0.2) is 57.7 Å². The molecule has 2 aromatic heterocycles. The molecule has 0 saturated heterocycles. The van der Waals surface area contributed by atoms with E-state index in [4.69, 9.17) is 5.73 Å². The molecule has 0 saturated carbocycles. The van der Waals surface area contributed by atoms with Crippen molar-refractivity contribution in [1.82, 2.24) is 19.9 Å².